The number of nitrogen functional groups attached to an aromatic ring is 1. The lowest BCUT2D eigenvalue weighted by atomic mass is 9.98. The van der Waals surface area contributed by atoms with Gasteiger partial charge in [0.05, 0.1) is 5.41 Å². The Kier molecular flexibility index (Phi) is 9.69. The third-order valence-electron chi connectivity index (χ3n) is 5.81. The second kappa shape index (κ2) is 13.1. The van der Waals surface area contributed by atoms with E-state index in [0.29, 0.717) is 5.57 Å². The van der Waals surface area contributed by atoms with Crippen LogP contribution in [0.1, 0.15) is 26.5 Å². The summed E-state index contributed by atoms with van der Waals surface area (Å²) in [5, 5.41) is 29.1. The van der Waals surface area contributed by atoms with Crippen LogP contribution in [0.5, 0.6) is 5.88 Å². The van der Waals surface area contributed by atoms with E-state index in [1.165, 1.54) is 28.9 Å². The maximum Gasteiger partial charge on any atom is 0.512 e. The van der Waals surface area contributed by atoms with Gasteiger partial charge >= 0.3 is 23.6 Å². The maximum atomic E-state index is 13.0. The molecule has 0 unspecified atom stereocenters. The summed E-state index contributed by atoms with van der Waals surface area (Å²) in [5.41, 5.74) is 3.95. The number of hydrogen-bond donors (Lipinski definition) is 4. The van der Waals surface area contributed by atoms with Crippen molar-refractivity contribution in [3.63, 3.8) is 0 Å². The topological polar surface area (TPSA) is 251 Å². The summed E-state index contributed by atoms with van der Waals surface area (Å²) in [5.74, 6) is -2.45. The van der Waals surface area contributed by atoms with Gasteiger partial charge in [0.2, 0.25) is 12.7 Å². The van der Waals surface area contributed by atoms with Crippen molar-refractivity contribution < 1.29 is 43.7 Å². The molecule has 5 N–H and O–H groups in total. The van der Waals surface area contributed by atoms with Gasteiger partial charge in [-0.1, -0.05) is 16.9 Å². The van der Waals surface area contributed by atoms with Crippen molar-refractivity contribution >= 4 is 69.6 Å². The van der Waals surface area contributed by atoms with Gasteiger partial charge in [-0.25, -0.2) is 14.5 Å². The Hall–Kier alpha value is -4.37. The molecule has 21 heteroatoms. The number of esters is 1. The molecule has 4 heterocycles. The van der Waals surface area contributed by atoms with E-state index >= 15 is 0 Å². The minimum Gasteiger partial charge on any atom is -0.449 e. The highest BCUT2D eigenvalue weighted by atomic mass is 32.2. The highest BCUT2D eigenvalue weighted by molar-refractivity contribution is 8.01. The smallest absolute Gasteiger partial charge is 0.449 e. The second-order valence-corrected chi connectivity index (χ2v) is 13.0. The molecule has 2 aliphatic rings. The molecule has 236 valence electrons. The number of thioether (sulfide) groups is 2. The maximum absolute atomic E-state index is 13.0. The Bertz CT molecular complexity index is 1620. The van der Waals surface area contributed by atoms with Crippen LogP contribution in [-0.2, 0) is 30.9 Å². The molecular formula is C23H26N8O10S3. The number of ether oxygens (including phenoxy) is 3. The number of thiazole rings is 1. The average Bonchev–Trinajstić information content (AvgIpc) is 3.37. The van der Waals surface area contributed by atoms with Crippen LogP contribution < -0.4 is 21.3 Å². The summed E-state index contributed by atoms with van der Waals surface area (Å²) in [6.45, 7) is 4.44. The predicted molar refractivity (Wildman–Crippen MR) is 155 cm³/mol. The second-order valence-electron chi connectivity index (χ2n) is 10.0. The number of nitrogens with one attached hydrogen (secondary N) is 1. The number of aryl methyl sites for hydroxylation is 1. The molecule has 4 rings (SSSR count). The fourth-order valence-electron chi connectivity index (χ4n) is 3.68. The van der Waals surface area contributed by atoms with Crippen LogP contribution >= 0.6 is 34.9 Å². The van der Waals surface area contributed by atoms with Gasteiger partial charge in [0.25, 0.3) is 11.8 Å². The van der Waals surface area contributed by atoms with Crippen molar-refractivity contribution in [3.05, 3.63) is 32.9 Å². The molecule has 44 heavy (non-hydrogen) atoms. The lowest BCUT2D eigenvalue weighted by Crippen LogP contribution is -2.70. The van der Waals surface area contributed by atoms with Crippen molar-refractivity contribution in [2.24, 2.45) is 17.6 Å². The van der Waals surface area contributed by atoms with Crippen LogP contribution in [0.4, 0.5) is 9.93 Å². The van der Waals surface area contributed by atoms with Gasteiger partial charge in [0.15, 0.2) is 16.0 Å². The Morgan fingerprint density at radius 2 is 2.00 bits per heavy atom. The van der Waals surface area contributed by atoms with E-state index in [1.54, 1.807) is 20.8 Å². The fourth-order valence-corrected chi connectivity index (χ4v) is 6.58. The van der Waals surface area contributed by atoms with Crippen molar-refractivity contribution in [1.82, 2.24) is 30.0 Å². The lowest BCUT2D eigenvalue weighted by Gasteiger charge is -2.49. The molecule has 1 saturated heterocycles. The molecule has 0 aliphatic carbocycles. The monoisotopic (exact) mass is 670 g/mol. The molecule has 0 spiro atoms. The fraction of sp³-hybridized carbons (Fsp3) is 0.435. The van der Waals surface area contributed by atoms with Gasteiger partial charge < -0.3 is 35.6 Å². The zero-order valence-electron chi connectivity index (χ0n) is 23.5. The number of fused-ring (bicyclic) bond motifs is 1. The van der Waals surface area contributed by atoms with E-state index in [2.05, 4.69) is 25.5 Å². The number of hydrogen-bond acceptors (Lipinski definition) is 17. The molecule has 0 bridgehead atoms. The number of nitrogens with zero attached hydrogens (tertiary/aromatic N) is 6. The Labute approximate surface area is 260 Å². The highest BCUT2D eigenvalue weighted by Gasteiger charge is 2.54. The Morgan fingerprint density at radius 3 is 2.61 bits per heavy atom. The van der Waals surface area contributed by atoms with Crippen LogP contribution in [0, 0.1) is 5.41 Å². The van der Waals surface area contributed by atoms with Gasteiger partial charge in [0.1, 0.15) is 17.1 Å². The number of carboxylic acid groups (broad SMARTS) is 1. The Balaban J connectivity index is 1.44. The van der Waals surface area contributed by atoms with E-state index in [-0.39, 0.29) is 33.4 Å². The van der Waals surface area contributed by atoms with Crippen LogP contribution in [0.15, 0.2) is 31.9 Å². The number of rotatable bonds is 10. The number of β-lactam (4-membered cyclic amide) rings is 1. The first-order valence-corrected chi connectivity index (χ1v) is 15.3. The summed E-state index contributed by atoms with van der Waals surface area (Å²) in [6, 6.07) is -1.08. The lowest BCUT2D eigenvalue weighted by molar-refractivity contribution is -0.160. The molecule has 1 fully saturated rings. The first-order chi connectivity index (χ1) is 20.7. The van der Waals surface area contributed by atoms with Crippen molar-refractivity contribution in [1.29, 1.82) is 0 Å². The summed E-state index contributed by atoms with van der Waals surface area (Å²) in [6.07, 6.45) is -1.66. The van der Waals surface area contributed by atoms with Gasteiger partial charge in [-0.05, 0) is 20.8 Å². The van der Waals surface area contributed by atoms with Crippen LogP contribution in [0.2, 0.25) is 0 Å². The molecule has 0 saturated carbocycles. The average molecular weight is 671 g/mol. The number of aromatic nitrogens is 4. The SMILES string of the molecule is Cn1nc(OCOC(=O)C(C)(C)C)c(=O)nc1SCC1=C(OC(=O)O)N2C(=O)[C@@H](NC(=O)/C(=N\O)c3csc(N)n3)[C@H]2SC1. The summed E-state index contributed by atoms with van der Waals surface area (Å²) < 4.78 is 16.3. The number of amides is 2. The van der Waals surface area contributed by atoms with Gasteiger partial charge in [-0.3, -0.25) is 24.1 Å². The zero-order valence-corrected chi connectivity index (χ0v) is 25.9. The highest BCUT2D eigenvalue weighted by Crippen LogP contribution is 2.41. The molecule has 18 nitrogen and oxygen atoms in total. The number of carbonyl (C=O) groups excluding carboxylic acids is 3. The van der Waals surface area contributed by atoms with Gasteiger partial charge in [0, 0.05) is 29.5 Å². The first-order valence-electron chi connectivity index (χ1n) is 12.4. The van der Waals surface area contributed by atoms with Gasteiger partial charge in [-0.2, -0.15) is 4.98 Å². The predicted octanol–water partition coefficient (Wildman–Crippen LogP) is 0.416. The van der Waals surface area contributed by atoms with E-state index in [0.717, 1.165) is 28.0 Å². The third-order valence-corrected chi connectivity index (χ3v) is 8.93. The molecule has 2 amide bonds. The zero-order chi connectivity index (χ0) is 32.3. The third kappa shape index (κ3) is 7.05. The minimum absolute atomic E-state index is 0.0163. The summed E-state index contributed by atoms with van der Waals surface area (Å²) in [4.78, 5) is 70.5. The first kappa shape index (κ1) is 32.5. The molecule has 2 aromatic heterocycles. The number of carbonyl (C=O) groups is 4. The van der Waals surface area contributed by atoms with E-state index in [1.807, 2.05) is 0 Å². The quantitative estimate of drug-likeness (QED) is 0.0508. The van der Waals surface area contributed by atoms with Crippen molar-refractivity contribution in [3.8, 4) is 5.88 Å². The minimum atomic E-state index is -1.66. The van der Waals surface area contributed by atoms with Crippen molar-refractivity contribution in [2.45, 2.75) is 37.3 Å². The van der Waals surface area contributed by atoms with E-state index in [9.17, 15) is 34.3 Å². The van der Waals surface area contributed by atoms with Crippen LogP contribution in [0.3, 0.4) is 0 Å². The normalized spacial score (nSPS) is 18.3. The van der Waals surface area contributed by atoms with Gasteiger partial charge in [-0.15, -0.1) is 28.2 Å². The molecule has 0 radical (unpaired) electrons. The molecule has 2 atom stereocenters. The molecule has 0 aromatic carbocycles. The number of anilines is 1. The standard InChI is InChI=1S/C23H26N8O10S3/c1-23(2,3)19(35)40-8-39-15-14(33)27-21(30(4)28-15)44-6-9-5-42-18-12(16(34)31(18)17(9)41-22(36)37)26-13(32)11(29-38)10-7-43-20(24)25-10/h7,12,18,38H,5-6,8H2,1-4H3,(H2,24,25)(H,26,32)(H,36,37)/b29-11-/t12-,18-/m1/s1. The van der Waals surface area contributed by atoms with Crippen LogP contribution in [0.25, 0.3) is 0 Å². The Morgan fingerprint density at radius 1 is 1.27 bits per heavy atom. The largest absolute Gasteiger partial charge is 0.512 e. The molecular weight excluding hydrogens is 645 g/mol. The van der Waals surface area contributed by atoms with Crippen LogP contribution in [-0.4, -0.2) is 94.3 Å². The molecule has 2 aromatic rings. The number of oxime groups is 1. The molecule has 2 aliphatic heterocycles. The summed E-state index contributed by atoms with van der Waals surface area (Å²) in [7, 11) is 1.49. The summed E-state index contributed by atoms with van der Waals surface area (Å²) >= 11 is 3.27. The van der Waals surface area contributed by atoms with E-state index < -0.39 is 64.7 Å². The van der Waals surface area contributed by atoms with E-state index in [4.69, 9.17) is 19.9 Å². The van der Waals surface area contributed by atoms with Crippen molar-refractivity contribution in [2.75, 3.05) is 24.0 Å². The number of nitrogens with two attached hydrogens (primary N) is 1.